The first kappa shape index (κ1) is 18.7. The average molecular weight is 267 g/mol. The van der Waals surface area contributed by atoms with E-state index in [2.05, 4.69) is 47.6 Å². The lowest BCUT2D eigenvalue weighted by atomic mass is 9.80. The Morgan fingerprint density at radius 3 is 2.11 bits per heavy atom. The zero-order chi connectivity index (χ0) is 14.7. The predicted octanol–water partition coefficient (Wildman–Crippen LogP) is 7.00. The summed E-state index contributed by atoms with van der Waals surface area (Å²) in [6.45, 7) is 14.1. The summed E-state index contributed by atoms with van der Waals surface area (Å²) >= 11 is 0. The zero-order valence-corrected chi connectivity index (χ0v) is 14.5. The third kappa shape index (κ3) is 9.30. The van der Waals surface area contributed by atoms with E-state index < -0.39 is 0 Å². The maximum absolute atomic E-state index is 2.49. The van der Waals surface area contributed by atoms with Crippen LogP contribution in [0, 0.1) is 17.8 Å². The van der Waals surface area contributed by atoms with Crippen LogP contribution < -0.4 is 0 Å². The van der Waals surface area contributed by atoms with Crippen molar-refractivity contribution in [1.82, 2.24) is 0 Å². The van der Waals surface area contributed by atoms with Crippen LogP contribution in [0.5, 0.6) is 0 Å². The fourth-order valence-electron chi connectivity index (χ4n) is 3.39. The highest BCUT2D eigenvalue weighted by atomic mass is 14.2. The van der Waals surface area contributed by atoms with Crippen LogP contribution in [0.4, 0.5) is 0 Å². The van der Waals surface area contributed by atoms with E-state index >= 15 is 0 Å². The Hall–Kier alpha value is -0.260. The molecular weight excluding hydrogens is 228 g/mol. The Bertz CT molecular complexity index is 226. The van der Waals surface area contributed by atoms with Crippen molar-refractivity contribution < 1.29 is 0 Å². The predicted molar refractivity (Wildman–Crippen MR) is 89.5 cm³/mol. The highest BCUT2D eigenvalue weighted by molar-refractivity contribution is 4.97. The van der Waals surface area contributed by atoms with E-state index in [1.54, 1.807) is 5.57 Å². The number of rotatable bonds is 11. The van der Waals surface area contributed by atoms with E-state index in [-0.39, 0.29) is 0 Å². The molecule has 0 N–H and O–H groups in total. The highest BCUT2D eigenvalue weighted by Gasteiger charge is 2.18. The van der Waals surface area contributed by atoms with Crippen LogP contribution in [0.2, 0.25) is 0 Å². The minimum absolute atomic E-state index is 0.899. The van der Waals surface area contributed by atoms with Gasteiger partial charge in [0.25, 0.3) is 0 Å². The molecule has 0 amide bonds. The maximum Gasteiger partial charge on any atom is -0.0320 e. The first-order valence-corrected chi connectivity index (χ1v) is 8.70. The molecule has 0 spiro atoms. The standard InChI is InChI=1S/C19H38/c1-7-10-16(4)13-14-19(12-9-3)18(6)15-17(5)11-8-2/h10,17-19H,7-9,11-15H2,1-6H3. The minimum Gasteiger partial charge on any atom is -0.0859 e. The van der Waals surface area contributed by atoms with E-state index in [0.29, 0.717) is 0 Å². The van der Waals surface area contributed by atoms with Gasteiger partial charge in [-0.3, -0.25) is 0 Å². The van der Waals surface area contributed by atoms with Gasteiger partial charge in [-0.15, -0.1) is 0 Å². The van der Waals surface area contributed by atoms with Gasteiger partial charge in [0.15, 0.2) is 0 Å². The Morgan fingerprint density at radius 1 is 0.947 bits per heavy atom. The maximum atomic E-state index is 2.49. The van der Waals surface area contributed by atoms with E-state index in [1.807, 2.05) is 0 Å². The first-order valence-electron chi connectivity index (χ1n) is 8.70. The van der Waals surface area contributed by atoms with E-state index in [9.17, 15) is 0 Å². The Balaban J connectivity index is 4.25. The van der Waals surface area contributed by atoms with Gasteiger partial charge in [0.05, 0.1) is 0 Å². The van der Waals surface area contributed by atoms with Crippen molar-refractivity contribution in [2.45, 2.75) is 92.9 Å². The van der Waals surface area contributed by atoms with Gasteiger partial charge in [-0.25, -0.2) is 0 Å². The summed E-state index contributed by atoms with van der Waals surface area (Å²) in [5, 5.41) is 0. The van der Waals surface area contributed by atoms with E-state index in [0.717, 1.165) is 17.8 Å². The van der Waals surface area contributed by atoms with Crippen LogP contribution >= 0.6 is 0 Å². The van der Waals surface area contributed by atoms with Crippen LogP contribution in [-0.4, -0.2) is 0 Å². The van der Waals surface area contributed by atoms with Gasteiger partial charge >= 0.3 is 0 Å². The molecule has 0 nitrogen and oxygen atoms in total. The summed E-state index contributed by atoms with van der Waals surface area (Å²) in [4.78, 5) is 0. The zero-order valence-electron chi connectivity index (χ0n) is 14.5. The first-order chi connectivity index (χ1) is 9.04. The molecule has 114 valence electrons. The fourth-order valence-corrected chi connectivity index (χ4v) is 3.39. The number of hydrogen-bond donors (Lipinski definition) is 0. The third-order valence-corrected chi connectivity index (χ3v) is 4.48. The van der Waals surface area contributed by atoms with Crippen molar-refractivity contribution in [3.8, 4) is 0 Å². The summed E-state index contributed by atoms with van der Waals surface area (Å²) in [6, 6.07) is 0. The largest absolute Gasteiger partial charge is 0.0859 e. The van der Waals surface area contributed by atoms with Crippen molar-refractivity contribution in [3.63, 3.8) is 0 Å². The molecule has 0 bridgehead atoms. The Labute approximate surface area is 123 Å². The quantitative estimate of drug-likeness (QED) is 0.353. The molecule has 0 aromatic rings. The smallest absolute Gasteiger partial charge is 0.0320 e. The molecule has 0 fully saturated rings. The van der Waals surface area contributed by atoms with Crippen molar-refractivity contribution in [3.05, 3.63) is 11.6 Å². The third-order valence-electron chi connectivity index (χ3n) is 4.48. The molecule has 0 aliphatic rings. The van der Waals surface area contributed by atoms with Gasteiger partial charge in [-0.2, -0.15) is 0 Å². The normalized spacial score (nSPS) is 17.3. The summed E-state index contributed by atoms with van der Waals surface area (Å²) in [5.41, 5.74) is 1.59. The van der Waals surface area contributed by atoms with Gasteiger partial charge in [-0.1, -0.05) is 72.0 Å². The average Bonchev–Trinajstić information content (AvgIpc) is 2.34. The summed E-state index contributed by atoms with van der Waals surface area (Å²) in [6.07, 6.45) is 13.2. The van der Waals surface area contributed by atoms with Crippen LogP contribution in [-0.2, 0) is 0 Å². The number of allylic oxidation sites excluding steroid dienone is 2. The van der Waals surface area contributed by atoms with Gasteiger partial charge in [0.1, 0.15) is 0 Å². The lowest BCUT2D eigenvalue weighted by Crippen LogP contribution is -2.15. The summed E-state index contributed by atoms with van der Waals surface area (Å²) in [5.74, 6) is 2.74. The van der Waals surface area contributed by atoms with Gasteiger partial charge in [0, 0.05) is 0 Å². The molecule has 0 aliphatic carbocycles. The van der Waals surface area contributed by atoms with Crippen LogP contribution in [0.25, 0.3) is 0 Å². The Kier molecular flexibility index (Phi) is 11.4. The number of hydrogen-bond acceptors (Lipinski definition) is 0. The second kappa shape index (κ2) is 11.6. The molecule has 0 heteroatoms. The van der Waals surface area contributed by atoms with E-state index in [4.69, 9.17) is 0 Å². The van der Waals surface area contributed by atoms with Crippen molar-refractivity contribution in [2.75, 3.05) is 0 Å². The van der Waals surface area contributed by atoms with Gasteiger partial charge < -0.3 is 0 Å². The molecule has 19 heavy (non-hydrogen) atoms. The molecule has 3 atom stereocenters. The Morgan fingerprint density at radius 2 is 1.58 bits per heavy atom. The molecule has 0 saturated carbocycles. The summed E-state index contributed by atoms with van der Waals surface area (Å²) < 4.78 is 0. The molecule has 0 aromatic heterocycles. The molecule has 0 rings (SSSR count). The van der Waals surface area contributed by atoms with Crippen molar-refractivity contribution in [1.29, 1.82) is 0 Å². The van der Waals surface area contributed by atoms with Crippen molar-refractivity contribution in [2.24, 2.45) is 17.8 Å². The van der Waals surface area contributed by atoms with E-state index in [1.165, 1.54) is 51.4 Å². The molecular formula is C19H38. The second-order valence-electron chi connectivity index (χ2n) is 6.65. The molecule has 0 radical (unpaired) electrons. The van der Waals surface area contributed by atoms with Crippen LogP contribution in [0.1, 0.15) is 92.9 Å². The summed E-state index contributed by atoms with van der Waals surface area (Å²) in [7, 11) is 0. The minimum atomic E-state index is 0.899. The molecule has 0 aromatic carbocycles. The highest BCUT2D eigenvalue weighted by Crippen LogP contribution is 2.30. The lowest BCUT2D eigenvalue weighted by Gasteiger charge is -2.26. The molecule has 0 saturated heterocycles. The monoisotopic (exact) mass is 266 g/mol. The topological polar surface area (TPSA) is 0 Å². The van der Waals surface area contributed by atoms with Crippen LogP contribution in [0.3, 0.4) is 0 Å². The fraction of sp³-hybridized carbons (Fsp3) is 0.895. The second-order valence-corrected chi connectivity index (χ2v) is 6.65. The lowest BCUT2D eigenvalue weighted by molar-refractivity contribution is 0.258. The van der Waals surface area contributed by atoms with Crippen LogP contribution in [0.15, 0.2) is 11.6 Å². The molecule has 0 heterocycles. The SMILES string of the molecule is CCC=C(C)CCC(CCC)C(C)CC(C)CCC. The molecule has 0 aliphatic heterocycles. The van der Waals surface area contributed by atoms with Crippen molar-refractivity contribution >= 4 is 0 Å². The van der Waals surface area contributed by atoms with Gasteiger partial charge in [-0.05, 0) is 50.4 Å². The molecule has 3 unspecified atom stereocenters. The van der Waals surface area contributed by atoms with Gasteiger partial charge in [0.2, 0.25) is 0 Å².